The zero-order valence-electron chi connectivity index (χ0n) is 12.9. The van der Waals surface area contributed by atoms with Crippen LogP contribution in [-0.2, 0) is 4.74 Å². The van der Waals surface area contributed by atoms with Crippen LogP contribution in [0.4, 0.5) is 0 Å². The van der Waals surface area contributed by atoms with Crippen molar-refractivity contribution in [1.29, 1.82) is 0 Å². The van der Waals surface area contributed by atoms with Crippen molar-refractivity contribution in [2.45, 2.75) is 54.9 Å². The first-order chi connectivity index (χ1) is 8.14. The maximum atomic E-state index is 5.33. The largest absolute Gasteiger partial charge is 0.497 e. The van der Waals surface area contributed by atoms with E-state index in [9.17, 15) is 0 Å². The zero-order valence-corrected chi connectivity index (χ0v) is 12.9. The molecule has 0 aromatic carbocycles. The topological polar surface area (TPSA) is 9.23 Å². The SMILES string of the molecule is CC.CC.CCC1(C)C=CC=CC(OC)=C1C. The summed E-state index contributed by atoms with van der Waals surface area (Å²) in [6, 6.07) is 0. The van der Waals surface area contributed by atoms with Gasteiger partial charge in [-0.25, -0.2) is 0 Å². The standard InChI is InChI=1S/C12H18O.2C2H6/c1-5-12(3)9-7-6-8-11(13-4)10(12)2;2*1-2/h6-9H,5H2,1-4H3;2*1-2H3. The summed E-state index contributed by atoms with van der Waals surface area (Å²) in [6.45, 7) is 14.6. The second-order valence-electron chi connectivity index (χ2n) is 3.68. The van der Waals surface area contributed by atoms with Crippen LogP contribution in [0.5, 0.6) is 0 Å². The van der Waals surface area contributed by atoms with E-state index >= 15 is 0 Å². The number of methoxy groups -OCH3 is 1. The van der Waals surface area contributed by atoms with Gasteiger partial charge in [0, 0.05) is 5.41 Å². The summed E-state index contributed by atoms with van der Waals surface area (Å²) in [6.07, 6.45) is 9.49. The first-order valence-electron chi connectivity index (χ1n) is 6.75. The average molecular weight is 238 g/mol. The van der Waals surface area contributed by atoms with Crippen molar-refractivity contribution in [1.82, 2.24) is 0 Å². The van der Waals surface area contributed by atoms with Crippen LogP contribution in [-0.4, -0.2) is 7.11 Å². The lowest BCUT2D eigenvalue weighted by atomic mass is 9.80. The molecule has 0 spiro atoms. The molecule has 1 nitrogen and oxygen atoms in total. The van der Waals surface area contributed by atoms with E-state index in [-0.39, 0.29) is 5.41 Å². The fraction of sp³-hybridized carbons (Fsp3) is 0.625. The van der Waals surface area contributed by atoms with Gasteiger partial charge in [-0.1, -0.05) is 59.8 Å². The van der Waals surface area contributed by atoms with E-state index in [1.54, 1.807) is 7.11 Å². The molecule has 1 atom stereocenters. The van der Waals surface area contributed by atoms with Gasteiger partial charge in [-0.3, -0.25) is 0 Å². The number of hydrogen-bond donors (Lipinski definition) is 0. The number of hydrogen-bond acceptors (Lipinski definition) is 1. The minimum Gasteiger partial charge on any atom is -0.497 e. The van der Waals surface area contributed by atoms with Crippen LogP contribution in [0.1, 0.15) is 54.9 Å². The Hall–Kier alpha value is -0.980. The Morgan fingerprint density at radius 3 is 2.06 bits per heavy atom. The Morgan fingerprint density at radius 2 is 1.65 bits per heavy atom. The Bertz CT molecular complexity index is 271. The highest BCUT2D eigenvalue weighted by Gasteiger charge is 2.24. The number of rotatable bonds is 2. The first-order valence-corrected chi connectivity index (χ1v) is 6.75. The summed E-state index contributed by atoms with van der Waals surface area (Å²) in [4.78, 5) is 0. The Kier molecular flexibility index (Phi) is 11.0. The van der Waals surface area contributed by atoms with Gasteiger partial charge in [-0.2, -0.15) is 0 Å². The van der Waals surface area contributed by atoms with Crippen molar-refractivity contribution in [2.75, 3.05) is 7.11 Å². The molecule has 100 valence electrons. The van der Waals surface area contributed by atoms with Crippen molar-refractivity contribution in [3.63, 3.8) is 0 Å². The molecule has 0 radical (unpaired) electrons. The smallest absolute Gasteiger partial charge is 0.118 e. The van der Waals surface area contributed by atoms with E-state index in [4.69, 9.17) is 4.74 Å². The molecule has 1 aliphatic rings. The van der Waals surface area contributed by atoms with Crippen molar-refractivity contribution in [2.24, 2.45) is 5.41 Å². The van der Waals surface area contributed by atoms with Gasteiger partial charge in [0.1, 0.15) is 5.76 Å². The molecule has 0 aromatic rings. The normalized spacial score (nSPS) is 21.9. The molecule has 0 aliphatic heterocycles. The summed E-state index contributed by atoms with van der Waals surface area (Å²) in [7, 11) is 1.73. The molecule has 0 amide bonds. The lowest BCUT2D eigenvalue weighted by molar-refractivity contribution is 0.291. The van der Waals surface area contributed by atoms with E-state index in [1.165, 1.54) is 5.57 Å². The minimum absolute atomic E-state index is 0.148. The van der Waals surface area contributed by atoms with Crippen LogP contribution < -0.4 is 0 Å². The first kappa shape index (κ1) is 18.4. The summed E-state index contributed by atoms with van der Waals surface area (Å²) in [5, 5.41) is 0. The third-order valence-corrected chi connectivity index (χ3v) is 3.00. The highest BCUT2D eigenvalue weighted by Crippen LogP contribution is 2.36. The van der Waals surface area contributed by atoms with Crippen molar-refractivity contribution in [3.05, 3.63) is 35.6 Å². The molecule has 0 aromatic heterocycles. The predicted octanol–water partition coefficient (Wildman–Crippen LogP) is 5.50. The van der Waals surface area contributed by atoms with Gasteiger partial charge < -0.3 is 4.74 Å². The Morgan fingerprint density at radius 1 is 1.12 bits per heavy atom. The maximum Gasteiger partial charge on any atom is 0.118 e. The second-order valence-corrected chi connectivity index (χ2v) is 3.68. The van der Waals surface area contributed by atoms with Gasteiger partial charge in [0.25, 0.3) is 0 Å². The molecule has 0 saturated heterocycles. The number of allylic oxidation sites excluding steroid dienone is 5. The van der Waals surface area contributed by atoms with Gasteiger partial charge >= 0.3 is 0 Å². The lowest BCUT2D eigenvalue weighted by Crippen LogP contribution is -2.14. The van der Waals surface area contributed by atoms with E-state index in [0.717, 1.165) is 12.2 Å². The molecule has 0 fully saturated rings. The van der Waals surface area contributed by atoms with Crippen LogP contribution in [0.2, 0.25) is 0 Å². The van der Waals surface area contributed by atoms with Gasteiger partial charge in [0.2, 0.25) is 0 Å². The van der Waals surface area contributed by atoms with Crippen LogP contribution in [0.3, 0.4) is 0 Å². The Balaban J connectivity index is 0. The van der Waals surface area contributed by atoms with E-state index in [1.807, 2.05) is 39.8 Å². The van der Waals surface area contributed by atoms with E-state index < -0.39 is 0 Å². The molecule has 0 heterocycles. The monoisotopic (exact) mass is 238 g/mol. The molecular formula is C16H30O. The van der Waals surface area contributed by atoms with Crippen molar-refractivity contribution >= 4 is 0 Å². The summed E-state index contributed by atoms with van der Waals surface area (Å²) >= 11 is 0. The quantitative estimate of drug-likeness (QED) is 0.617. The third kappa shape index (κ3) is 5.25. The Labute approximate surface area is 108 Å². The maximum absolute atomic E-state index is 5.33. The van der Waals surface area contributed by atoms with Gasteiger partial charge in [-0.15, -0.1) is 0 Å². The summed E-state index contributed by atoms with van der Waals surface area (Å²) in [5.74, 6) is 0.995. The van der Waals surface area contributed by atoms with Crippen LogP contribution in [0, 0.1) is 5.41 Å². The summed E-state index contributed by atoms with van der Waals surface area (Å²) < 4.78 is 5.33. The van der Waals surface area contributed by atoms with Crippen LogP contribution in [0.15, 0.2) is 35.6 Å². The highest BCUT2D eigenvalue weighted by atomic mass is 16.5. The average Bonchev–Trinajstić information content (AvgIpc) is 2.55. The zero-order chi connectivity index (χ0) is 13.9. The second kappa shape index (κ2) is 10.2. The van der Waals surface area contributed by atoms with Crippen LogP contribution >= 0.6 is 0 Å². The number of ether oxygens (including phenoxy) is 1. The van der Waals surface area contributed by atoms with E-state index in [2.05, 4.69) is 32.9 Å². The molecule has 1 heteroatoms. The molecule has 1 rings (SSSR count). The molecule has 0 saturated carbocycles. The van der Waals surface area contributed by atoms with E-state index in [0.29, 0.717) is 0 Å². The fourth-order valence-corrected chi connectivity index (χ4v) is 1.55. The van der Waals surface area contributed by atoms with Gasteiger partial charge in [0.15, 0.2) is 0 Å². The van der Waals surface area contributed by atoms with Crippen molar-refractivity contribution < 1.29 is 4.74 Å². The minimum atomic E-state index is 0.148. The fourth-order valence-electron chi connectivity index (χ4n) is 1.55. The van der Waals surface area contributed by atoms with Gasteiger partial charge in [-0.05, 0) is 25.0 Å². The van der Waals surface area contributed by atoms with Crippen LogP contribution in [0.25, 0.3) is 0 Å². The third-order valence-electron chi connectivity index (χ3n) is 3.00. The lowest BCUT2D eigenvalue weighted by Gasteiger charge is -2.26. The molecular weight excluding hydrogens is 208 g/mol. The molecule has 0 N–H and O–H groups in total. The molecule has 0 bridgehead atoms. The highest BCUT2D eigenvalue weighted by molar-refractivity contribution is 5.33. The molecule has 1 unspecified atom stereocenters. The summed E-state index contributed by atoms with van der Waals surface area (Å²) in [5.41, 5.74) is 1.46. The van der Waals surface area contributed by atoms with Gasteiger partial charge in [0.05, 0.1) is 7.11 Å². The predicted molar refractivity (Wildman–Crippen MR) is 79.1 cm³/mol. The molecule has 1 aliphatic carbocycles. The van der Waals surface area contributed by atoms with Crippen molar-refractivity contribution in [3.8, 4) is 0 Å². The molecule has 17 heavy (non-hydrogen) atoms.